The Balaban J connectivity index is 1.96. The molecular weight excluding hydrogens is 362 g/mol. The second-order valence-electron chi connectivity index (χ2n) is 6.32. The van der Waals surface area contributed by atoms with Crippen LogP contribution in [0.5, 0.6) is 5.75 Å². The van der Waals surface area contributed by atoms with Crippen molar-refractivity contribution in [3.8, 4) is 17.0 Å². The highest BCUT2D eigenvalue weighted by atomic mass is 19.1. The summed E-state index contributed by atoms with van der Waals surface area (Å²) in [5.41, 5.74) is 1.52. The van der Waals surface area contributed by atoms with Crippen molar-refractivity contribution >= 4 is 10.9 Å². The third-order valence-corrected chi connectivity index (χ3v) is 4.52. The molecule has 0 amide bonds. The van der Waals surface area contributed by atoms with E-state index >= 15 is 0 Å². The van der Waals surface area contributed by atoms with Gasteiger partial charge in [0.2, 0.25) is 5.43 Å². The van der Waals surface area contributed by atoms with Crippen LogP contribution in [0.4, 0.5) is 8.78 Å². The van der Waals surface area contributed by atoms with Crippen LogP contribution in [0.15, 0.2) is 71.5 Å². The van der Waals surface area contributed by atoms with E-state index in [1.54, 1.807) is 35.0 Å². The van der Waals surface area contributed by atoms with E-state index in [1.807, 2.05) is 6.07 Å². The smallest absolute Gasteiger partial charge is 0.216 e. The summed E-state index contributed by atoms with van der Waals surface area (Å²) < 4.78 is 34.1. The van der Waals surface area contributed by atoms with Crippen molar-refractivity contribution in [3.05, 3.63) is 94.2 Å². The Kier molecular flexibility index (Phi) is 4.61. The predicted octanol–water partition coefficient (Wildman–Crippen LogP) is 4.40. The lowest BCUT2D eigenvalue weighted by atomic mass is 10.1. The van der Waals surface area contributed by atoms with Gasteiger partial charge in [0, 0.05) is 5.39 Å². The van der Waals surface area contributed by atoms with Gasteiger partial charge in [-0.1, -0.05) is 24.3 Å². The highest BCUT2D eigenvalue weighted by Crippen LogP contribution is 2.28. The minimum Gasteiger partial charge on any atom is -0.496 e. The molecule has 0 aliphatic heterocycles. The summed E-state index contributed by atoms with van der Waals surface area (Å²) in [5.74, 6) is -0.462. The van der Waals surface area contributed by atoms with Crippen molar-refractivity contribution in [2.45, 2.75) is 6.54 Å². The number of rotatable bonds is 4. The van der Waals surface area contributed by atoms with Gasteiger partial charge in [-0.2, -0.15) is 5.10 Å². The average Bonchev–Trinajstić information content (AvgIpc) is 2.72. The molecule has 0 aliphatic carbocycles. The monoisotopic (exact) mass is 378 g/mol. The van der Waals surface area contributed by atoms with Gasteiger partial charge in [-0.05, 0) is 48.0 Å². The van der Waals surface area contributed by atoms with Crippen LogP contribution in [0.2, 0.25) is 0 Å². The summed E-state index contributed by atoms with van der Waals surface area (Å²) in [7, 11) is 1.45. The van der Waals surface area contributed by atoms with Crippen LogP contribution in [0, 0.1) is 11.6 Å². The lowest BCUT2D eigenvalue weighted by molar-refractivity contribution is 0.415. The Morgan fingerprint density at radius 1 is 0.964 bits per heavy atom. The first-order valence-corrected chi connectivity index (χ1v) is 8.65. The van der Waals surface area contributed by atoms with Gasteiger partial charge in [-0.15, -0.1) is 0 Å². The van der Waals surface area contributed by atoms with E-state index in [2.05, 4.69) is 5.10 Å². The summed E-state index contributed by atoms with van der Waals surface area (Å²) in [6.07, 6.45) is 0. The number of ether oxygens (including phenoxy) is 1. The number of nitrogens with zero attached hydrogens (tertiary/aromatic N) is 2. The molecule has 1 heterocycles. The van der Waals surface area contributed by atoms with E-state index < -0.39 is 5.82 Å². The van der Waals surface area contributed by atoms with E-state index in [1.165, 1.54) is 37.4 Å². The van der Waals surface area contributed by atoms with E-state index in [-0.39, 0.29) is 22.5 Å². The third kappa shape index (κ3) is 3.24. The number of hydrogen-bond donors (Lipinski definition) is 0. The van der Waals surface area contributed by atoms with Gasteiger partial charge in [-0.3, -0.25) is 9.48 Å². The zero-order valence-corrected chi connectivity index (χ0v) is 15.0. The largest absolute Gasteiger partial charge is 0.496 e. The fourth-order valence-electron chi connectivity index (χ4n) is 3.16. The number of hydrogen-bond acceptors (Lipinski definition) is 3. The Hall–Kier alpha value is -3.54. The highest BCUT2D eigenvalue weighted by Gasteiger charge is 2.17. The predicted molar refractivity (Wildman–Crippen MR) is 103 cm³/mol. The minimum atomic E-state index is -0.491. The van der Waals surface area contributed by atoms with Crippen molar-refractivity contribution < 1.29 is 13.5 Å². The van der Waals surface area contributed by atoms with Crippen LogP contribution in [-0.2, 0) is 6.54 Å². The van der Waals surface area contributed by atoms with Gasteiger partial charge in [-0.25, -0.2) is 8.78 Å². The van der Waals surface area contributed by atoms with Gasteiger partial charge in [0.1, 0.15) is 23.1 Å². The molecule has 0 N–H and O–H groups in total. The summed E-state index contributed by atoms with van der Waals surface area (Å²) in [4.78, 5) is 13.1. The highest BCUT2D eigenvalue weighted by molar-refractivity contribution is 5.83. The second kappa shape index (κ2) is 7.23. The van der Waals surface area contributed by atoms with Crippen LogP contribution in [0.25, 0.3) is 22.2 Å². The molecule has 0 spiro atoms. The summed E-state index contributed by atoms with van der Waals surface area (Å²) >= 11 is 0. The third-order valence-electron chi connectivity index (χ3n) is 4.52. The molecule has 3 aromatic carbocycles. The molecular formula is C22H16F2N2O2. The number of para-hydroxylation sites is 1. The zero-order valence-electron chi connectivity index (χ0n) is 15.0. The quantitative estimate of drug-likeness (QED) is 0.529. The first-order chi connectivity index (χ1) is 13.6. The van der Waals surface area contributed by atoms with Crippen molar-refractivity contribution in [2.75, 3.05) is 7.11 Å². The van der Waals surface area contributed by atoms with Crippen LogP contribution >= 0.6 is 0 Å². The van der Waals surface area contributed by atoms with Gasteiger partial charge >= 0.3 is 0 Å². The first-order valence-electron chi connectivity index (χ1n) is 8.65. The van der Waals surface area contributed by atoms with Crippen LogP contribution in [0.1, 0.15) is 5.56 Å². The minimum absolute atomic E-state index is 0.0946. The van der Waals surface area contributed by atoms with E-state index in [9.17, 15) is 13.6 Å². The van der Waals surface area contributed by atoms with Crippen molar-refractivity contribution in [3.63, 3.8) is 0 Å². The summed E-state index contributed by atoms with van der Waals surface area (Å²) in [6.45, 7) is 0.325. The molecule has 0 radical (unpaired) electrons. The van der Waals surface area contributed by atoms with Gasteiger partial charge in [0.25, 0.3) is 0 Å². The fraction of sp³-hybridized carbons (Fsp3) is 0.0909. The molecule has 140 valence electrons. The maximum atomic E-state index is 13.9. The Bertz CT molecular complexity index is 1220. The molecule has 28 heavy (non-hydrogen) atoms. The number of methoxy groups -OCH3 is 1. The molecule has 0 bridgehead atoms. The maximum absolute atomic E-state index is 13.9. The summed E-state index contributed by atoms with van der Waals surface area (Å²) in [5, 5.41) is 4.96. The topological polar surface area (TPSA) is 44.1 Å². The molecule has 4 nitrogen and oxygen atoms in total. The first kappa shape index (κ1) is 17.9. The van der Waals surface area contributed by atoms with Gasteiger partial charge < -0.3 is 4.74 Å². The molecule has 0 saturated heterocycles. The number of fused-ring (bicyclic) bond motifs is 1. The molecule has 0 fully saturated rings. The second-order valence-corrected chi connectivity index (χ2v) is 6.32. The van der Waals surface area contributed by atoms with Crippen molar-refractivity contribution in [2.24, 2.45) is 0 Å². The SMILES string of the molecule is COc1ccc(F)cc1-c1nn(Cc2ccc(F)cc2)c2ccccc2c1=O. The van der Waals surface area contributed by atoms with Crippen LogP contribution < -0.4 is 10.2 Å². The standard InChI is InChI=1S/C22H16F2N2O2/c1-28-20-11-10-16(24)12-18(20)21-22(27)17-4-2-3-5-19(17)26(25-21)13-14-6-8-15(23)9-7-14/h2-12H,13H2,1H3. The van der Waals surface area contributed by atoms with E-state index in [0.717, 1.165) is 5.56 Å². The average molecular weight is 378 g/mol. The Morgan fingerprint density at radius 2 is 1.68 bits per heavy atom. The number of halogens is 2. The lowest BCUT2D eigenvalue weighted by Gasteiger charge is -2.14. The van der Waals surface area contributed by atoms with Crippen molar-refractivity contribution in [1.29, 1.82) is 0 Å². The number of benzene rings is 3. The molecule has 0 aliphatic rings. The fourth-order valence-corrected chi connectivity index (χ4v) is 3.16. The molecule has 0 saturated carbocycles. The van der Waals surface area contributed by atoms with Gasteiger partial charge in [0.05, 0.1) is 24.7 Å². The molecule has 4 aromatic rings. The van der Waals surface area contributed by atoms with Crippen molar-refractivity contribution in [1.82, 2.24) is 9.78 Å². The normalized spacial score (nSPS) is 11.0. The van der Waals surface area contributed by atoms with Gasteiger partial charge in [0.15, 0.2) is 0 Å². The molecule has 6 heteroatoms. The molecule has 0 atom stereocenters. The lowest BCUT2D eigenvalue weighted by Crippen LogP contribution is -2.17. The maximum Gasteiger partial charge on any atom is 0.216 e. The van der Waals surface area contributed by atoms with Crippen LogP contribution in [-0.4, -0.2) is 16.9 Å². The van der Waals surface area contributed by atoms with Crippen LogP contribution in [0.3, 0.4) is 0 Å². The molecule has 4 rings (SSSR count). The molecule has 0 unspecified atom stereocenters. The van der Waals surface area contributed by atoms with E-state index in [0.29, 0.717) is 23.2 Å². The number of aromatic nitrogens is 2. The zero-order chi connectivity index (χ0) is 19.7. The Morgan fingerprint density at radius 3 is 2.43 bits per heavy atom. The summed E-state index contributed by atoms with van der Waals surface area (Å²) in [6, 6.07) is 17.1. The molecule has 1 aromatic heterocycles. The van der Waals surface area contributed by atoms with E-state index in [4.69, 9.17) is 4.74 Å². The Labute approximate surface area is 159 Å².